The molecule has 0 fully saturated rings. The number of aliphatic carboxylic acids is 1. The molecule has 10 heteroatoms. The number of carbonyl (C=O) groups is 4. The van der Waals surface area contributed by atoms with Gasteiger partial charge in [0.1, 0.15) is 11.4 Å². The van der Waals surface area contributed by atoms with Gasteiger partial charge < -0.3 is 19.3 Å². The van der Waals surface area contributed by atoms with Crippen LogP contribution in [0.2, 0.25) is 0 Å². The molecule has 37 heavy (non-hydrogen) atoms. The topological polar surface area (TPSA) is 123 Å². The Bertz CT molecular complexity index is 1220. The van der Waals surface area contributed by atoms with Crippen LogP contribution >= 0.6 is 0 Å². The monoisotopic (exact) mass is 512 g/mol. The van der Waals surface area contributed by atoms with Crippen LogP contribution in [0.1, 0.15) is 72.0 Å². The fourth-order valence-corrected chi connectivity index (χ4v) is 4.14. The van der Waals surface area contributed by atoms with Crippen LogP contribution < -0.4 is 9.64 Å². The highest BCUT2D eigenvalue weighted by Gasteiger charge is 2.44. The summed E-state index contributed by atoms with van der Waals surface area (Å²) in [6.45, 7) is 7.59. The number of hydrogen-bond acceptors (Lipinski definition) is 7. The number of rotatable bonds is 9. The SMILES string of the molecule is CCOc1cc(C(CC(=O)O)N2C(=O)c3cccc(N(C)C(=O)OC(C)(C)C)c3C2=O)ccc1COC. The van der Waals surface area contributed by atoms with Gasteiger partial charge in [0.05, 0.1) is 42.5 Å². The Morgan fingerprint density at radius 2 is 1.81 bits per heavy atom. The molecule has 1 aliphatic rings. The fraction of sp³-hybridized carbons (Fsp3) is 0.407. The first-order valence-electron chi connectivity index (χ1n) is 11.8. The van der Waals surface area contributed by atoms with Crippen molar-refractivity contribution in [3.8, 4) is 5.75 Å². The first kappa shape index (κ1) is 27.7. The van der Waals surface area contributed by atoms with Crippen molar-refractivity contribution in [1.29, 1.82) is 0 Å². The van der Waals surface area contributed by atoms with Crippen LogP contribution in [-0.2, 0) is 20.9 Å². The van der Waals surface area contributed by atoms with Gasteiger partial charge in [-0.05, 0) is 51.5 Å². The molecule has 3 amide bonds. The molecule has 0 spiro atoms. The molecule has 0 radical (unpaired) electrons. The number of imide groups is 1. The highest BCUT2D eigenvalue weighted by atomic mass is 16.6. The predicted molar refractivity (Wildman–Crippen MR) is 135 cm³/mol. The van der Waals surface area contributed by atoms with Gasteiger partial charge in [0, 0.05) is 19.7 Å². The third-order valence-electron chi connectivity index (χ3n) is 5.71. The van der Waals surface area contributed by atoms with Crippen LogP contribution in [-0.4, -0.2) is 60.2 Å². The molecule has 10 nitrogen and oxygen atoms in total. The first-order chi connectivity index (χ1) is 17.4. The Labute approximate surface area is 215 Å². The van der Waals surface area contributed by atoms with Crippen LogP contribution in [0.15, 0.2) is 36.4 Å². The Balaban J connectivity index is 2.06. The van der Waals surface area contributed by atoms with Crippen molar-refractivity contribution in [1.82, 2.24) is 4.90 Å². The molecule has 2 aromatic carbocycles. The number of nitrogens with zero attached hydrogens (tertiary/aromatic N) is 2. The van der Waals surface area contributed by atoms with Gasteiger partial charge >= 0.3 is 12.1 Å². The predicted octanol–water partition coefficient (Wildman–Crippen LogP) is 4.42. The number of carboxylic acids is 1. The number of methoxy groups -OCH3 is 1. The van der Waals surface area contributed by atoms with Crippen LogP contribution in [0.3, 0.4) is 0 Å². The quantitative estimate of drug-likeness (QED) is 0.490. The Morgan fingerprint density at radius 1 is 1.11 bits per heavy atom. The third kappa shape index (κ3) is 5.91. The van der Waals surface area contributed by atoms with E-state index in [0.717, 1.165) is 15.4 Å². The maximum atomic E-state index is 13.7. The van der Waals surface area contributed by atoms with Gasteiger partial charge in [0.15, 0.2) is 0 Å². The van der Waals surface area contributed by atoms with Gasteiger partial charge in [-0.15, -0.1) is 0 Å². The summed E-state index contributed by atoms with van der Waals surface area (Å²) in [5.74, 6) is -2.06. The van der Waals surface area contributed by atoms with Gasteiger partial charge in [-0.1, -0.05) is 18.2 Å². The zero-order valence-corrected chi connectivity index (χ0v) is 21.9. The fourth-order valence-electron chi connectivity index (χ4n) is 4.14. The van der Waals surface area contributed by atoms with E-state index in [1.807, 2.05) is 6.92 Å². The number of anilines is 1. The maximum absolute atomic E-state index is 13.7. The van der Waals surface area contributed by atoms with Crippen molar-refractivity contribution >= 4 is 29.6 Å². The zero-order chi connectivity index (χ0) is 27.5. The van der Waals surface area contributed by atoms with E-state index in [9.17, 15) is 24.3 Å². The van der Waals surface area contributed by atoms with E-state index in [4.69, 9.17) is 14.2 Å². The number of hydrogen-bond donors (Lipinski definition) is 1. The Hall–Kier alpha value is -3.92. The maximum Gasteiger partial charge on any atom is 0.414 e. The second kappa shape index (κ2) is 11.0. The molecule has 0 aliphatic carbocycles. The summed E-state index contributed by atoms with van der Waals surface area (Å²) >= 11 is 0. The third-order valence-corrected chi connectivity index (χ3v) is 5.71. The average Bonchev–Trinajstić information content (AvgIpc) is 3.07. The average molecular weight is 513 g/mol. The molecule has 0 aromatic heterocycles. The highest BCUT2D eigenvalue weighted by molar-refractivity contribution is 6.24. The van der Waals surface area contributed by atoms with E-state index in [-0.39, 0.29) is 23.4 Å². The van der Waals surface area contributed by atoms with Gasteiger partial charge in [0.25, 0.3) is 11.8 Å². The molecule has 3 rings (SSSR count). The lowest BCUT2D eigenvalue weighted by atomic mass is 9.99. The minimum atomic E-state index is -1.19. The number of carboxylic acid groups (broad SMARTS) is 1. The summed E-state index contributed by atoms with van der Waals surface area (Å²) in [5, 5.41) is 9.66. The number of benzene rings is 2. The summed E-state index contributed by atoms with van der Waals surface area (Å²) in [6, 6.07) is 8.47. The summed E-state index contributed by atoms with van der Waals surface area (Å²) < 4.78 is 16.3. The van der Waals surface area contributed by atoms with Crippen LogP contribution in [0.25, 0.3) is 0 Å². The normalized spacial score (nSPS) is 13.8. The molecule has 1 aliphatic heterocycles. The molecular formula is C27H32N2O8. The molecule has 0 bridgehead atoms. The zero-order valence-electron chi connectivity index (χ0n) is 21.9. The van der Waals surface area contributed by atoms with Gasteiger partial charge in [-0.2, -0.15) is 0 Å². The standard InChI is InChI=1S/C27H32N2O8/c1-7-36-21-13-16(11-12-17(21)15-35-6)20(14-22(30)31)29-24(32)18-9-8-10-19(23(18)25(29)33)28(5)26(34)37-27(2,3)4/h8-13,20H,7,14-15H2,1-6H3,(H,30,31). The lowest BCUT2D eigenvalue weighted by molar-refractivity contribution is -0.138. The summed E-state index contributed by atoms with van der Waals surface area (Å²) in [4.78, 5) is 53.8. The van der Waals surface area contributed by atoms with Crippen molar-refractivity contribution in [2.45, 2.75) is 52.4 Å². The molecule has 198 valence electrons. The van der Waals surface area contributed by atoms with Crippen molar-refractivity contribution in [3.63, 3.8) is 0 Å². The largest absolute Gasteiger partial charge is 0.493 e. The van der Waals surface area contributed by atoms with Gasteiger partial charge in [-0.3, -0.25) is 24.2 Å². The molecule has 1 N–H and O–H groups in total. The van der Waals surface area contributed by atoms with E-state index >= 15 is 0 Å². The van der Waals surface area contributed by atoms with Crippen LogP contribution in [0.5, 0.6) is 5.75 Å². The Morgan fingerprint density at radius 3 is 2.41 bits per heavy atom. The first-order valence-corrected chi connectivity index (χ1v) is 11.8. The molecule has 0 saturated heterocycles. The second-order valence-electron chi connectivity index (χ2n) is 9.57. The summed E-state index contributed by atoms with van der Waals surface area (Å²) in [5.41, 5.74) is 0.668. The Kier molecular flexibility index (Phi) is 8.22. The minimum Gasteiger partial charge on any atom is -0.493 e. The lowest BCUT2D eigenvalue weighted by Gasteiger charge is -2.27. The van der Waals surface area contributed by atoms with E-state index < -0.39 is 41.9 Å². The number of carbonyl (C=O) groups excluding carboxylic acids is 3. The number of fused-ring (bicyclic) bond motifs is 1. The van der Waals surface area contributed by atoms with Crippen LogP contribution in [0, 0.1) is 0 Å². The van der Waals surface area contributed by atoms with E-state index in [1.165, 1.54) is 19.2 Å². The molecule has 1 atom stereocenters. The molecule has 0 saturated carbocycles. The molecule has 1 heterocycles. The van der Waals surface area contributed by atoms with E-state index in [1.54, 1.807) is 52.1 Å². The molecule has 1 unspecified atom stereocenters. The lowest BCUT2D eigenvalue weighted by Crippen LogP contribution is -2.37. The van der Waals surface area contributed by atoms with Crippen molar-refractivity contribution in [2.75, 3.05) is 25.7 Å². The summed E-state index contributed by atoms with van der Waals surface area (Å²) in [7, 11) is 2.99. The second-order valence-corrected chi connectivity index (χ2v) is 9.57. The van der Waals surface area contributed by atoms with E-state index in [2.05, 4.69) is 0 Å². The number of ether oxygens (including phenoxy) is 3. The van der Waals surface area contributed by atoms with Crippen molar-refractivity contribution < 1.29 is 38.5 Å². The van der Waals surface area contributed by atoms with Gasteiger partial charge in [0.2, 0.25) is 0 Å². The minimum absolute atomic E-state index is 0.0114. The summed E-state index contributed by atoms with van der Waals surface area (Å²) in [6.07, 6.45) is -1.21. The molecule has 2 aromatic rings. The van der Waals surface area contributed by atoms with Crippen LogP contribution in [0.4, 0.5) is 10.5 Å². The van der Waals surface area contributed by atoms with E-state index in [0.29, 0.717) is 17.9 Å². The highest BCUT2D eigenvalue weighted by Crippen LogP contribution is 2.39. The number of amides is 3. The van der Waals surface area contributed by atoms with Crippen molar-refractivity contribution in [3.05, 3.63) is 58.7 Å². The van der Waals surface area contributed by atoms with Gasteiger partial charge in [-0.25, -0.2) is 4.79 Å². The van der Waals surface area contributed by atoms with Crippen molar-refractivity contribution in [2.24, 2.45) is 0 Å². The molecular weight excluding hydrogens is 480 g/mol. The smallest absolute Gasteiger partial charge is 0.414 e.